The van der Waals surface area contributed by atoms with Crippen molar-refractivity contribution in [3.8, 4) is 0 Å². The van der Waals surface area contributed by atoms with Gasteiger partial charge in [-0.1, -0.05) is 12.1 Å². The molecule has 0 spiro atoms. The number of nitrogens with one attached hydrogen (secondary N) is 1. The fourth-order valence-electron chi connectivity index (χ4n) is 2.33. The summed E-state index contributed by atoms with van der Waals surface area (Å²) in [6.07, 6.45) is 2.13. The van der Waals surface area contributed by atoms with E-state index in [0.717, 1.165) is 13.0 Å². The third-order valence-electron chi connectivity index (χ3n) is 3.41. The summed E-state index contributed by atoms with van der Waals surface area (Å²) in [4.78, 5) is 35.4. The first-order chi connectivity index (χ1) is 10.1. The van der Waals surface area contributed by atoms with Crippen LogP contribution < -0.4 is 5.32 Å². The molecule has 0 aromatic heterocycles. The second kappa shape index (κ2) is 6.83. The Morgan fingerprint density at radius 3 is 2.81 bits per heavy atom. The van der Waals surface area contributed by atoms with Gasteiger partial charge < -0.3 is 10.2 Å². The van der Waals surface area contributed by atoms with Crippen molar-refractivity contribution >= 4 is 17.5 Å². The molecule has 1 aliphatic rings. The smallest absolute Gasteiger partial charge is 0.282 e. The van der Waals surface area contributed by atoms with Crippen LogP contribution in [0.2, 0.25) is 0 Å². The van der Waals surface area contributed by atoms with E-state index in [1.165, 1.54) is 18.2 Å². The van der Waals surface area contributed by atoms with Crippen molar-refractivity contribution in [3.63, 3.8) is 0 Å². The number of benzene rings is 1. The van der Waals surface area contributed by atoms with Crippen molar-refractivity contribution in [2.45, 2.75) is 19.3 Å². The summed E-state index contributed by atoms with van der Waals surface area (Å²) in [5.41, 5.74) is -0.149. The molecule has 2 rings (SSSR count). The summed E-state index contributed by atoms with van der Waals surface area (Å²) in [6.45, 7) is 1.77. The first kappa shape index (κ1) is 15.0. The van der Waals surface area contributed by atoms with Crippen molar-refractivity contribution in [2.75, 3.05) is 19.6 Å². The molecule has 1 aliphatic heterocycles. The Morgan fingerprint density at radius 1 is 1.38 bits per heavy atom. The molecule has 0 atom stereocenters. The zero-order chi connectivity index (χ0) is 15.2. The lowest BCUT2D eigenvalue weighted by Gasteiger charge is -2.15. The standard InChI is InChI=1S/C14H17N3O4/c18-13-7-3-9-16(13)10-4-8-15-14(19)11-5-1-2-6-12(11)17(20)21/h1-2,5-6H,3-4,7-10H2,(H,15,19). The van der Waals surface area contributed by atoms with E-state index in [9.17, 15) is 19.7 Å². The number of para-hydroxylation sites is 1. The number of likely N-dealkylation sites (tertiary alicyclic amines) is 1. The molecular formula is C14H17N3O4. The van der Waals surface area contributed by atoms with Crippen molar-refractivity contribution in [3.05, 3.63) is 39.9 Å². The zero-order valence-electron chi connectivity index (χ0n) is 11.6. The third-order valence-corrected chi connectivity index (χ3v) is 3.41. The molecule has 112 valence electrons. The summed E-state index contributed by atoms with van der Waals surface area (Å²) >= 11 is 0. The van der Waals surface area contributed by atoms with Gasteiger partial charge in [0.25, 0.3) is 11.6 Å². The number of carbonyl (C=O) groups excluding carboxylic acids is 2. The average Bonchev–Trinajstić information content (AvgIpc) is 2.88. The van der Waals surface area contributed by atoms with Crippen molar-refractivity contribution < 1.29 is 14.5 Å². The van der Waals surface area contributed by atoms with Gasteiger partial charge in [-0.2, -0.15) is 0 Å². The minimum Gasteiger partial charge on any atom is -0.352 e. The molecule has 7 nitrogen and oxygen atoms in total. The maximum atomic E-state index is 11.9. The lowest BCUT2D eigenvalue weighted by Crippen LogP contribution is -2.30. The Balaban J connectivity index is 1.82. The van der Waals surface area contributed by atoms with E-state index in [-0.39, 0.29) is 17.2 Å². The Labute approximate surface area is 122 Å². The van der Waals surface area contributed by atoms with Gasteiger partial charge in [0.15, 0.2) is 0 Å². The van der Waals surface area contributed by atoms with Gasteiger partial charge >= 0.3 is 0 Å². The van der Waals surface area contributed by atoms with Crippen LogP contribution in [-0.4, -0.2) is 41.3 Å². The topological polar surface area (TPSA) is 92.6 Å². The van der Waals surface area contributed by atoms with E-state index in [1.807, 2.05) is 0 Å². The van der Waals surface area contributed by atoms with E-state index in [2.05, 4.69) is 5.32 Å². The third kappa shape index (κ3) is 3.77. The van der Waals surface area contributed by atoms with Crippen LogP contribution in [-0.2, 0) is 4.79 Å². The quantitative estimate of drug-likeness (QED) is 0.486. The molecular weight excluding hydrogens is 274 g/mol. The molecule has 0 bridgehead atoms. The monoisotopic (exact) mass is 291 g/mol. The molecule has 1 saturated heterocycles. The normalized spacial score (nSPS) is 14.3. The maximum absolute atomic E-state index is 11.9. The van der Waals surface area contributed by atoms with Crippen LogP contribution in [0.25, 0.3) is 0 Å². The number of nitro groups is 1. The average molecular weight is 291 g/mol. The highest BCUT2D eigenvalue weighted by Crippen LogP contribution is 2.17. The van der Waals surface area contributed by atoms with Gasteiger partial charge in [0.2, 0.25) is 5.91 Å². The second-order valence-electron chi connectivity index (χ2n) is 4.87. The minimum atomic E-state index is -0.572. The van der Waals surface area contributed by atoms with Gasteiger partial charge in [-0.05, 0) is 18.9 Å². The van der Waals surface area contributed by atoms with Gasteiger partial charge in [0.05, 0.1) is 4.92 Å². The second-order valence-corrected chi connectivity index (χ2v) is 4.87. The van der Waals surface area contributed by atoms with Gasteiger partial charge in [-0.3, -0.25) is 19.7 Å². The Bertz CT molecular complexity index is 559. The zero-order valence-corrected chi connectivity index (χ0v) is 11.6. The van der Waals surface area contributed by atoms with Gasteiger partial charge in [-0.15, -0.1) is 0 Å². The summed E-state index contributed by atoms with van der Waals surface area (Å²) in [6, 6.07) is 5.84. The Morgan fingerprint density at radius 2 is 2.14 bits per heavy atom. The molecule has 0 aliphatic carbocycles. The molecule has 0 radical (unpaired) electrons. The number of amides is 2. The van der Waals surface area contributed by atoms with E-state index >= 15 is 0 Å². The van der Waals surface area contributed by atoms with Crippen LogP contribution in [0.5, 0.6) is 0 Å². The predicted molar refractivity (Wildman–Crippen MR) is 75.9 cm³/mol. The van der Waals surface area contributed by atoms with Crippen LogP contribution >= 0.6 is 0 Å². The molecule has 7 heteroatoms. The van der Waals surface area contributed by atoms with Crippen LogP contribution in [0.15, 0.2) is 24.3 Å². The molecule has 1 N–H and O–H groups in total. The minimum absolute atomic E-state index is 0.0553. The SMILES string of the molecule is O=C(NCCCN1CCCC1=O)c1ccccc1[N+](=O)[O-]. The first-order valence-corrected chi connectivity index (χ1v) is 6.89. The van der Waals surface area contributed by atoms with Gasteiger partial charge in [0.1, 0.15) is 5.56 Å². The summed E-state index contributed by atoms with van der Waals surface area (Å²) < 4.78 is 0. The number of carbonyl (C=O) groups is 2. The Kier molecular flexibility index (Phi) is 4.86. The van der Waals surface area contributed by atoms with Gasteiger partial charge in [-0.25, -0.2) is 0 Å². The molecule has 0 unspecified atom stereocenters. The van der Waals surface area contributed by atoms with Gasteiger partial charge in [0, 0.05) is 32.1 Å². The number of nitrogens with zero attached hydrogens (tertiary/aromatic N) is 2. The largest absolute Gasteiger partial charge is 0.352 e. The number of rotatable bonds is 6. The van der Waals surface area contributed by atoms with Crippen LogP contribution in [0.4, 0.5) is 5.69 Å². The highest BCUT2D eigenvalue weighted by atomic mass is 16.6. The first-order valence-electron chi connectivity index (χ1n) is 6.89. The molecule has 2 amide bonds. The highest BCUT2D eigenvalue weighted by Gasteiger charge is 2.20. The fraction of sp³-hybridized carbons (Fsp3) is 0.429. The Hall–Kier alpha value is -2.44. The molecule has 1 aromatic rings. The van der Waals surface area contributed by atoms with E-state index in [0.29, 0.717) is 25.9 Å². The molecule has 1 fully saturated rings. The molecule has 1 aromatic carbocycles. The van der Waals surface area contributed by atoms with E-state index in [1.54, 1.807) is 11.0 Å². The van der Waals surface area contributed by atoms with Crippen LogP contribution in [0, 0.1) is 10.1 Å². The summed E-state index contributed by atoms with van der Waals surface area (Å²) in [7, 11) is 0. The summed E-state index contributed by atoms with van der Waals surface area (Å²) in [5, 5.41) is 13.5. The molecule has 1 heterocycles. The number of nitro benzene ring substituents is 1. The maximum Gasteiger partial charge on any atom is 0.282 e. The van der Waals surface area contributed by atoms with Crippen molar-refractivity contribution in [1.29, 1.82) is 0 Å². The fourth-order valence-corrected chi connectivity index (χ4v) is 2.33. The molecule has 0 saturated carbocycles. The lowest BCUT2D eigenvalue weighted by molar-refractivity contribution is -0.385. The highest BCUT2D eigenvalue weighted by molar-refractivity contribution is 5.98. The van der Waals surface area contributed by atoms with Crippen molar-refractivity contribution in [1.82, 2.24) is 10.2 Å². The number of hydrogen-bond acceptors (Lipinski definition) is 4. The van der Waals surface area contributed by atoms with E-state index < -0.39 is 10.8 Å². The summed E-state index contributed by atoms with van der Waals surface area (Å²) in [5.74, 6) is -0.310. The predicted octanol–water partition coefficient (Wildman–Crippen LogP) is 1.34. The van der Waals surface area contributed by atoms with Crippen molar-refractivity contribution in [2.24, 2.45) is 0 Å². The number of hydrogen-bond donors (Lipinski definition) is 1. The molecule has 21 heavy (non-hydrogen) atoms. The van der Waals surface area contributed by atoms with Crippen LogP contribution in [0.1, 0.15) is 29.6 Å². The van der Waals surface area contributed by atoms with E-state index in [4.69, 9.17) is 0 Å². The van der Waals surface area contributed by atoms with Crippen LogP contribution in [0.3, 0.4) is 0 Å². The lowest BCUT2D eigenvalue weighted by atomic mass is 10.1.